The second-order valence-electron chi connectivity index (χ2n) is 4.33. The molecule has 2 heterocycles. The molecule has 0 radical (unpaired) electrons. The van der Waals surface area contributed by atoms with E-state index in [-0.39, 0.29) is 11.6 Å². The molecule has 0 unspecified atom stereocenters. The molecule has 0 fully saturated rings. The van der Waals surface area contributed by atoms with Crippen LogP contribution in [-0.2, 0) is 4.79 Å². The zero-order valence-electron chi connectivity index (χ0n) is 10.1. The number of benzene rings is 1. The molecular formula is C14H9BrN2O3. The van der Waals surface area contributed by atoms with Gasteiger partial charge < -0.3 is 15.4 Å². The van der Waals surface area contributed by atoms with Crippen molar-refractivity contribution >= 4 is 45.1 Å². The molecule has 0 atom stereocenters. The van der Waals surface area contributed by atoms with Gasteiger partial charge in [0.25, 0.3) is 5.91 Å². The maximum Gasteiger partial charge on any atom is 0.352 e. The van der Waals surface area contributed by atoms with Crippen LogP contribution in [0.2, 0.25) is 0 Å². The van der Waals surface area contributed by atoms with E-state index < -0.39 is 5.97 Å². The number of anilines is 1. The number of hydrogen-bond acceptors (Lipinski definition) is 2. The van der Waals surface area contributed by atoms with Crippen LogP contribution in [0.25, 0.3) is 11.6 Å². The van der Waals surface area contributed by atoms with Crippen LogP contribution in [0, 0.1) is 0 Å². The number of aromatic nitrogens is 1. The third-order valence-corrected chi connectivity index (χ3v) is 3.50. The third kappa shape index (κ3) is 2.14. The van der Waals surface area contributed by atoms with Crippen LogP contribution in [0.4, 0.5) is 5.69 Å². The minimum Gasteiger partial charge on any atom is -0.477 e. The summed E-state index contributed by atoms with van der Waals surface area (Å²) in [5, 5.41) is 11.6. The van der Waals surface area contributed by atoms with Crippen LogP contribution in [0.5, 0.6) is 0 Å². The summed E-state index contributed by atoms with van der Waals surface area (Å²) in [5.41, 5.74) is 2.69. The van der Waals surface area contributed by atoms with E-state index in [4.69, 9.17) is 5.11 Å². The number of aromatic amines is 1. The van der Waals surface area contributed by atoms with Gasteiger partial charge in [-0.15, -0.1) is 0 Å². The van der Waals surface area contributed by atoms with E-state index in [1.54, 1.807) is 12.1 Å². The van der Waals surface area contributed by atoms with Crippen LogP contribution >= 0.6 is 15.9 Å². The van der Waals surface area contributed by atoms with Crippen LogP contribution in [0.1, 0.15) is 21.7 Å². The van der Waals surface area contributed by atoms with Crippen molar-refractivity contribution in [3.63, 3.8) is 0 Å². The lowest BCUT2D eigenvalue weighted by Gasteiger charge is -1.98. The van der Waals surface area contributed by atoms with Crippen LogP contribution in [0.3, 0.4) is 0 Å². The summed E-state index contributed by atoms with van der Waals surface area (Å²) in [6.45, 7) is 0. The van der Waals surface area contributed by atoms with Gasteiger partial charge in [-0.25, -0.2) is 4.79 Å². The highest BCUT2D eigenvalue weighted by atomic mass is 79.9. The minimum absolute atomic E-state index is 0.0877. The molecule has 1 aliphatic rings. The fraction of sp³-hybridized carbons (Fsp3) is 0. The molecule has 0 saturated carbocycles. The van der Waals surface area contributed by atoms with Gasteiger partial charge in [0.15, 0.2) is 0 Å². The number of hydrogen-bond donors (Lipinski definition) is 3. The van der Waals surface area contributed by atoms with Crippen molar-refractivity contribution in [2.45, 2.75) is 0 Å². The summed E-state index contributed by atoms with van der Waals surface area (Å²) in [7, 11) is 0. The van der Waals surface area contributed by atoms with Gasteiger partial charge in [-0.05, 0) is 36.4 Å². The number of nitrogens with one attached hydrogen (secondary N) is 2. The molecule has 3 rings (SSSR count). The Hall–Kier alpha value is -2.34. The smallest absolute Gasteiger partial charge is 0.352 e. The van der Waals surface area contributed by atoms with E-state index in [0.717, 1.165) is 15.7 Å². The predicted octanol–water partition coefficient (Wildman–Crippen LogP) is 2.97. The highest BCUT2D eigenvalue weighted by molar-refractivity contribution is 9.10. The van der Waals surface area contributed by atoms with Gasteiger partial charge in [-0.3, -0.25) is 4.79 Å². The Morgan fingerprint density at radius 2 is 2.05 bits per heavy atom. The minimum atomic E-state index is -1.03. The van der Waals surface area contributed by atoms with Gasteiger partial charge >= 0.3 is 5.97 Å². The highest BCUT2D eigenvalue weighted by Gasteiger charge is 2.24. The molecule has 0 saturated heterocycles. The van der Waals surface area contributed by atoms with Crippen molar-refractivity contribution in [2.75, 3.05) is 5.32 Å². The standard InChI is InChI=1S/C14H9BrN2O3/c15-7-1-3-11-9(5-7)10(13(18)17-11)6-8-2-4-12(16-8)14(19)20/h1-6,16H,(H,17,18)(H,19,20)/b10-6-. The monoisotopic (exact) mass is 332 g/mol. The average molecular weight is 333 g/mol. The Labute approximate surface area is 122 Å². The fourth-order valence-corrected chi connectivity index (χ4v) is 2.44. The molecule has 1 amide bonds. The molecule has 3 N–H and O–H groups in total. The molecule has 0 spiro atoms. The van der Waals surface area contributed by atoms with Gasteiger partial charge in [0.2, 0.25) is 0 Å². The summed E-state index contributed by atoms with van der Waals surface area (Å²) < 4.78 is 0.872. The molecule has 100 valence electrons. The van der Waals surface area contributed by atoms with Crippen molar-refractivity contribution in [3.8, 4) is 0 Å². The summed E-state index contributed by atoms with van der Waals surface area (Å²) in [6, 6.07) is 8.60. The zero-order valence-corrected chi connectivity index (χ0v) is 11.7. The lowest BCUT2D eigenvalue weighted by Crippen LogP contribution is -2.03. The van der Waals surface area contributed by atoms with E-state index in [0.29, 0.717) is 11.3 Å². The van der Waals surface area contributed by atoms with Crippen LogP contribution < -0.4 is 5.32 Å². The van der Waals surface area contributed by atoms with Crippen LogP contribution in [0.15, 0.2) is 34.8 Å². The maximum atomic E-state index is 12.0. The molecule has 0 aliphatic carbocycles. The Morgan fingerprint density at radius 1 is 1.25 bits per heavy atom. The highest BCUT2D eigenvalue weighted by Crippen LogP contribution is 2.34. The van der Waals surface area contributed by atoms with Crippen molar-refractivity contribution < 1.29 is 14.7 Å². The molecule has 2 aromatic rings. The number of carboxylic acid groups (broad SMARTS) is 1. The first-order valence-electron chi connectivity index (χ1n) is 5.80. The first-order valence-corrected chi connectivity index (χ1v) is 6.59. The molecule has 5 nitrogen and oxygen atoms in total. The third-order valence-electron chi connectivity index (χ3n) is 3.00. The Balaban J connectivity index is 2.05. The van der Waals surface area contributed by atoms with Crippen molar-refractivity contribution in [2.24, 2.45) is 0 Å². The number of rotatable bonds is 2. The Kier molecular flexibility index (Phi) is 2.94. The predicted molar refractivity (Wildman–Crippen MR) is 78.4 cm³/mol. The summed E-state index contributed by atoms with van der Waals surface area (Å²) in [6.07, 6.45) is 1.64. The number of fused-ring (bicyclic) bond motifs is 1. The Morgan fingerprint density at radius 3 is 2.75 bits per heavy atom. The van der Waals surface area contributed by atoms with Gasteiger partial charge in [-0.2, -0.15) is 0 Å². The van der Waals surface area contributed by atoms with E-state index in [2.05, 4.69) is 26.2 Å². The average Bonchev–Trinajstić information content (AvgIpc) is 2.97. The molecule has 1 aromatic heterocycles. The largest absolute Gasteiger partial charge is 0.477 e. The molecule has 1 aromatic carbocycles. The topological polar surface area (TPSA) is 82.2 Å². The summed E-state index contributed by atoms with van der Waals surface area (Å²) in [4.78, 5) is 25.5. The molecule has 20 heavy (non-hydrogen) atoms. The zero-order chi connectivity index (χ0) is 14.3. The number of carbonyl (C=O) groups excluding carboxylic acids is 1. The number of aromatic carboxylic acids is 1. The molecule has 0 bridgehead atoms. The first kappa shape index (κ1) is 12.7. The summed E-state index contributed by atoms with van der Waals surface area (Å²) >= 11 is 3.37. The van der Waals surface area contributed by atoms with Crippen molar-refractivity contribution in [3.05, 3.63) is 51.8 Å². The Bertz CT molecular complexity index is 762. The van der Waals surface area contributed by atoms with Crippen LogP contribution in [-0.4, -0.2) is 22.0 Å². The summed E-state index contributed by atoms with van der Waals surface area (Å²) in [5.74, 6) is -1.24. The molecular weight excluding hydrogens is 324 g/mol. The second kappa shape index (κ2) is 4.64. The lowest BCUT2D eigenvalue weighted by atomic mass is 10.1. The first-order chi connectivity index (χ1) is 9.54. The lowest BCUT2D eigenvalue weighted by molar-refractivity contribution is -0.110. The fourth-order valence-electron chi connectivity index (χ4n) is 2.08. The van der Waals surface area contributed by atoms with Crippen molar-refractivity contribution in [1.29, 1.82) is 0 Å². The van der Waals surface area contributed by atoms with E-state index in [1.807, 2.05) is 18.2 Å². The number of carbonyl (C=O) groups is 2. The maximum absolute atomic E-state index is 12.0. The van der Waals surface area contributed by atoms with Gasteiger partial charge in [0, 0.05) is 21.4 Å². The van der Waals surface area contributed by atoms with Gasteiger partial charge in [-0.1, -0.05) is 15.9 Å². The number of H-pyrrole nitrogens is 1. The van der Waals surface area contributed by atoms with Gasteiger partial charge in [0.05, 0.1) is 5.57 Å². The molecule has 1 aliphatic heterocycles. The SMILES string of the molecule is O=C1Nc2ccc(Br)cc2/C1=C/c1ccc(C(=O)O)[nH]1. The quantitative estimate of drug-likeness (QED) is 0.739. The number of halogens is 1. The second-order valence-corrected chi connectivity index (χ2v) is 5.25. The van der Waals surface area contributed by atoms with Gasteiger partial charge in [0.1, 0.15) is 5.69 Å². The number of amides is 1. The van der Waals surface area contributed by atoms with E-state index in [1.165, 1.54) is 6.07 Å². The normalized spacial score (nSPS) is 15.2. The van der Waals surface area contributed by atoms with Crippen molar-refractivity contribution in [1.82, 2.24) is 4.98 Å². The number of carboxylic acids is 1. The van der Waals surface area contributed by atoms with E-state index in [9.17, 15) is 9.59 Å². The molecule has 6 heteroatoms. The van der Waals surface area contributed by atoms with E-state index >= 15 is 0 Å².